The molecule has 0 saturated heterocycles. The Balaban J connectivity index is 0.000000297. The van der Waals surface area contributed by atoms with Crippen LogP contribution in [0.3, 0.4) is 0 Å². The smallest absolute Gasteiger partial charge is 0.393 e. The minimum Gasteiger partial charge on any atom is -0.393 e. The second-order valence-corrected chi connectivity index (χ2v) is 32.0. The van der Waals surface area contributed by atoms with Crippen LogP contribution in [0.4, 0.5) is 13.2 Å². The first-order valence-corrected chi connectivity index (χ1v) is 37.4. The molecule has 0 saturated carbocycles. The Morgan fingerprint density at radius 3 is 0.719 bits per heavy atom. The number of aliphatic hydroxyl groups excluding tert-OH is 6. The number of hydrogen-bond donors (Lipinski definition) is 6. The van der Waals surface area contributed by atoms with Crippen LogP contribution >= 0.6 is 0 Å². The van der Waals surface area contributed by atoms with Crippen LogP contribution < -0.4 is 0 Å². The minimum absolute atomic E-state index is 0. The van der Waals surface area contributed by atoms with Crippen LogP contribution in [0.1, 0.15) is 126 Å². The van der Waals surface area contributed by atoms with Gasteiger partial charge in [0, 0.05) is 126 Å². The molecule has 6 atom stereocenters. The number of alkyl halides is 3. The Morgan fingerprint density at radius 1 is 0.289 bits per heavy atom. The predicted molar refractivity (Wildman–Crippen MR) is 445 cm³/mol. The molecule has 0 bridgehead atoms. The van der Waals surface area contributed by atoms with E-state index in [0.717, 1.165) is 101 Å². The molecule has 0 fully saturated rings. The maximum absolute atomic E-state index is 11.8. The van der Waals surface area contributed by atoms with Crippen molar-refractivity contribution in [2.45, 2.75) is 173 Å². The Kier molecular flexibility index (Phi) is 39.5. The van der Waals surface area contributed by atoms with Crippen molar-refractivity contribution in [3.8, 4) is 101 Å². The fraction of sp³-hybridized carbons (Fsp3) is 0.312. The summed E-state index contributed by atoms with van der Waals surface area (Å²) in [5, 5.41) is 55.7. The van der Waals surface area contributed by atoms with Gasteiger partial charge in [-0.25, -0.2) is 0 Å². The van der Waals surface area contributed by atoms with Crippen molar-refractivity contribution in [2.75, 3.05) is 0 Å². The summed E-state index contributed by atoms with van der Waals surface area (Å²) in [7, 11) is 0. The number of hydrogen-bond acceptors (Lipinski definition) is 12. The van der Waals surface area contributed by atoms with Crippen LogP contribution in [0.2, 0.25) is 0 Å². The standard InChI is InChI=1S/3C23H17N2.C11H24O2.C8H15F3O2.C8H18O2.3Ir/c3*1-17-12-14-18(15-13-17)21-16-24-22(19-8-4-2-5-9-19)23(25-21)20-10-6-3-7-11-20;1-10(2,3)8(12)7-9(13)11(4,5)6;1-7(2,3)5(12)4-6(13)8(9,10)11;1-6(9)5-7(10)8(2,3)4;;;/h3*2-8,10-16H,1H3;8-9,12-13H,7H2,1-6H3;5-6,12-13H,4H2,1-3H3;6-7,9-10H,5H2,1-4H3;;;/q3*-1;;;;;;. The zero-order chi connectivity index (χ0) is 81.3. The molecule has 0 aliphatic heterocycles. The molecule has 3 radical (unpaired) electrons. The predicted octanol–water partition coefficient (Wildman–Crippen LogP) is 21.8. The number of aliphatic hydroxyl groups is 6. The van der Waals surface area contributed by atoms with E-state index in [1.165, 1.54) is 16.7 Å². The molecule has 114 heavy (non-hydrogen) atoms. The zero-order valence-corrected chi connectivity index (χ0v) is 75.0. The molecule has 3 heterocycles. The maximum atomic E-state index is 11.8. The fourth-order valence-electron chi connectivity index (χ4n) is 10.7. The first-order valence-electron chi connectivity index (χ1n) is 37.4. The number of rotatable bonds is 15. The molecule has 6 N–H and O–H groups in total. The third-order valence-electron chi connectivity index (χ3n) is 18.2. The summed E-state index contributed by atoms with van der Waals surface area (Å²) in [6.45, 7) is 30.5. The van der Waals surface area contributed by atoms with Gasteiger partial charge in [-0.15, -0.1) is 108 Å². The van der Waals surface area contributed by atoms with Crippen LogP contribution in [0.25, 0.3) is 101 Å². The summed E-state index contributed by atoms with van der Waals surface area (Å²) >= 11 is 0. The topological polar surface area (TPSA) is 199 Å². The van der Waals surface area contributed by atoms with Crippen molar-refractivity contribution in [3.63, 3.8) is 0 Å². The molecule has 18 heteroatoms. The molecule has 0 spiro atoms. The van der Waals surface area contributed by atoms with E-state index in [2.05, 4.69) is 148 Å². The molecule has 12 aromatic rings. The molecule has 3 aromatic heterocycles. The van der Waals surface area contributed by atoms with Gasteiger partial charge in [-0.1, -0.05) is 264 Å². The SMILES string of the molecule is CC(C)(C)C(O)CC(O)C(C)(C)C.CC(C)(C)C(O)CC(O)C(F)(F)F.CC(O)CC(O)C(C)(C)C.Cc1ccc(-c2cnc(-c3[c-]cccc3)c(-c3ccccc3)n2)cc1.Cc1ccc(-c2cnc(-c3[c-]cccc3)c(-c3ccccc3)n2)cc1.Cc1ccc(-c2cnc(-c3[c-]cccc3)c(-c3ccccc3)n2)cc1.[Ir].[Ir].[Ir]. The molecule has 6 unspecified atom stereocenters. The van der Waals surface area contributed by atoms with Crippen molar-refractivity contribution >= 4 is 0 Å². The summed E-state index contributed by atoms with van der Waals surface area (Å²) in [6, 6.07) is 89.0. The fourth-order valence-corrected chi connectivity index (χ4v) is 10.7. The van der Waals surface area contributed by atoms with Gasteiger partial charge in [0.05, 0.1) is 64.7 Å². The van der Waals surface area contributed by atoms with E-state index >= 15 is 0 Å². The second-order valence-electron chi connectivity index (χ2n) is 32.0. The quantitative estimate of drug-likeness (QED) is 0.0532. The molecule has 9 aromatic carbocycles. The molecular formula is C96H108F3Ir3N6O6-3. The van der Waals surface area contributed by atoms with E-state index in [0.29, 0.717) is 12.8 Å². The third-order valence-corrected chi connectivity index (χ3v) is 18.2. The Hall–Kier alpha value is -8.28. The number of nitrogens with zero attached hydrogens (tertiary/aromatic N) is 6. The molecular weight excluding hydrogens is 1970 g/mol. The van der Waals surface area contributed by atoms with E-state index in [4.69, 9.17) is 40.1 Å². The van der Waals surface area contributed by atoms with Crippen molar-refractivity contribution in [1.29, 1.82) is 0 Å². The van der Waals surface area contributed by atoms with Crippen LogP contribution in [0.15, 0.2) is 255 Å². The average molecular weight is 2080 g/mol. The Morgan fingerprint density at radius 2 is 0.518 bits per heavy atom. The Bertz CT molecular complexity index is 4250. The molecule has 0 amide bonds. The van der Waals surface area contributed by atoms with Gasteiger partial charge in [0.2, 0.25) is 0 Å². The van der Waals surface area contributed by atoms with Crippen LogP contribution in [-0.2, 0) is 60.3 Å². The molecule has 0 aliphatic carbocycles. The van der Waals surface area contributed by atoms with E-state index < -0.39 is 54.6 Å². The summed E-state index contributed by atoms with van der Waals surface area (Å²) in [6.07, 6.45) is -4.19. The van der Waals surface area contributed by atoms with E-state index in [1.807, 2.05) is 208 Å². The first-order chi connectivity index (χ1) is 52.4. The van der Waals surface area contributed by atoms with Gasteiger partial charge < -0.3 is 45.6 Å². The average Bonchev–Trinajstić information content (AvgIpc) is 0.805. The molecule has 0 aliphatic rings. The second kappa shape index (κ2) is 45.9. The summed E-state index contributed by atoms with van der Waals surface area (Å²) < 4.78 is 35.5. The third kappa shape index (κ3) is 31.4. The van der Waals surface area contributed by atoms with Crippen LogP contribution in [0.5, 0.6) is 0 Å². The van der Waals surface area contributed by atoms with Gasteiger partial charge in [0.15, 0.2) is 6.10 Å². The van der Waals surface area contributed by atoms with Crippen molar-refractivity contribution in [1.82, 2.24) is 29.9 Å². The number of benzene rings is 9. The molecule has 12 nitrogen and oxygen atoms in total. The minimum atomic E-state index is -4.65. The maximum Gasteiger partial charge on any atom is 0.414 e. The van der Waals surface area contributed by atoms with Gasteiger partial charge in [0.25, 0.3) is 0 Å². The van der Waals surface area contributed by atoms with E-state index in [1.54, 1.807) is 27.7 Å². The van der Waals surface area contributed by atoms with Gasteiger partial charge in [-0.05, 0) is 72.5 Å². The van der Waals surface area contributed by atoms with E-state index in [9.17, 15) is 33.6 Å². The summed E-state index contributed by atoms with van der Waals surface area (Å²) in [5.74, 6) is 0. The molecule has 12 rings (SSSR count). The van der Waals surface area contributed by atoms with Gasteiger partial charge in [-0.3, -0.25) is 15.0 Å². The van der Waals surface area contributed by atoms with Gasteiger partial charge >= 0.3 is 6.18 Å². The van der Waals surface area contributed by atoms with E-state index in [-0.39, 0.29) is 76.6 Å². The molecule has 609 valence electrons. The van der Waals surface area contributed by atoms with Gasteiger partial charge in [0.1, 0.15) is 0 Å². The van der Waals surface area contributed by atoms with Crippen molar-refractivity contribution < 1.29 is 104 Å². The normalized spacial score (nSPS) is 12.8. The zero-order valence-electron chi connectivity index (χ0n) is 67.8. The van der Waals surface area contributed by atoms with Crippen LogP contribution in [-0.4, -0.2) is 103 Å². The largest absolute Gasteiger partial charge is 0.414 e. The number of halogens is 3. The number of aromatic nitrogens is 6. The van der Waals surface area contributed by atoms with Crippen molar-refractivity contribution in [3.05, 3.63) is 290 Å². The van der Waals surface area contributed by atoms with Gasteiger partial charge in [-0.2, -0.15) is 13.2 Å². The summed E-state index contributed by atoms with van der Waals surface area (Å²) in [4.78, 5) is 29.0. The van der Waals surface area contributed by atoms with Crippen molar-refractivity contribution in [2.24, 2.45) is 21.7 Å². The monoisotopic (exact) mass is 2080 g/mol. The summed E-state index contributed by atoms with van der Waals surface area (Å²) in [5.41, 5.74) is 19.6. The number of aryl methyl sites for hydroxylation is 3. The Labute approximate surface area is 714 Å². The first kappa shape index (κ1) is 98.1. The van der Waals surface area contributed by atoms with Crippen LogP contribution in [0, 0.1) is 60.6 Å².